The molecule has 1 aromatic heterocycles. The molecule has 0 radical (unpaired) electrons. The van der Waals surface area contributed by atoms with E-state index in [0.717, 1.165) is 34.6 Å². The minimum absolute atomic E-state index is 0.257. The topological polar surface area (TPSA) is 69.7 Å². The van der Waals surface area contributed by atoms with Gasteiger partial charge in [0, 0.05) is 11.9 Å². The fourth-order valence-electron chi connectivity index (χ4n) is 3.90. The molecular formula is C21H23N3O3S. The zero-order valence-corrected chi connectivity index (χ0v) is 16.8. The summed E-state index contributed by atoms with van der Waals surface area (Å²) in [5, 5.41) is 4.75. The van der Waals surface area contributed by atoms with Gasteiger partial charge in [-0.1, -0.05) is 24.3 Å². The quantitative estimate of drug-likeness (QED) is 0.789. The van der Waals surface area contributed by atoms with Gasteiger partial charge in [0.2, 0.25) is 5.91 Å². The Labute approximate surface area is 168 Å². The van der Waals surface area contributed by atoms with Crippen molar-refractivity contribution in [3.8, 4) is 0 Å². The van der Waals surface area contributed by atoms with Crippen LogP contribution in [0.25, 0.3) is 0 Å². The van der Waals surface area contributed by atoms with E-state index in [-0.39, 0.29) is 18.4 Å². The van der Waals surface area contributed by atoms with Gasteiger partial charge >= 0.3 is 6.03 Å². The third-order valence-electron chi connectivity index (χ3n) is 5.64. The van der Waals surface area contributed by atoms with E-state index in [4.69, 9.17) is 0 Å². The van der Waals surface area contributed by atoms with E-state index in [1.54, 1.807) is 25.3 Å². The molecule has 2 aromatic rings. The standard InChI is InChI=1S/C21H23N3O3S/c1-21(16-9-8-14-5-3-6-15(14)11-16)19(26)24(20(27)22-21)13-18(25)23(2)12-17-7-4-10-28-17/h4,7-11H,3,5-6,12-13H2,1-2H3,(H,22,27). The molecule has 6 nitrogen and oxygen atoms in total. The lowest BCUT2D eigenvalue weighted by Gasteiger charge is -2.24. The Hall–Kier alpha value is -2.67. The highest BCUT2D eigenvalue weighted by molar-refractivity contribution is 7.09. The lowest BCUT2D eigenvalue weighted by molar-refractivity contribution is -0.138. The Balaban J connectivity index is 1.49. The predicted octanol–water partition coefficient (Wildman–Crippen LogP) is 2.66. The number of benzene rings is 1. The van der Waals surface area contributed by atoms with Gasteiger partial charge in [0.15, 0.2) is 0 Å². The molecule has 1 aromatic carbocycles. The third kappa shape index (κ3) is 3.20. The summed E-state index contributed by atoms with van der Waals surface area (Å²) in [6.07, 6.45) is 3.17. The number of urea groups is 1. The van der Waals surface area contributed by atoms with Crippen LogP contribution in [0.2, 0.25) is 0 Å². The minimum atomic E-state index is -1.14. The van der Waals surface area contributed by atoms with Crippen LogP contribution in [0.4, 0.5) is 4.79 Å². The first-order chi connectivity index (χ1) is 13.4. The number of carbonyl (C=O) groups excluding carboxylic acids is 3. The van der Waals surface area contributed by atoms with E-state index >= 15 is 0 Å². The number of amides is 4. The fraction of sp³-hybridized carbons (Fsp3) is 0.381. The molecule has 0 saturated carbocycles. The van der Waals surface area contributed by atoms with Crippen LogP contribution in [-0.4, -0.2) is 41.2 Å². The summed E-state index contributed by atoms with van der Waals surface area (Å²) in [5.41, 5.74) is 2.19. The molecule has 1 fully saturated rings. The normalized spacial score (nSPS) is 21.0. The van der Waals surface area contributed by atoms with Gasteiger partial charge in [-0.2, -0.15) is 0 Å². The predicted molar refractivity (Wildman–Crippen MR) is 107 cm³/mol. The zero-order valence-electron chi connectivity index (χ0n) is 16.0. The van der Waals surface area contributed by atoms with Gasteiger partial charge in [0.05, 0.1) is 6.54 Å². The molecule has 2 aliphatic rings. The molecule has 1 N–H and O–H groups in total. The van der Waals surface area contributed by atoms with Crippen LogP contribution in [0.3, 0.4) is 0 Å². The second-order valence-corrected chi connectivity index (χ2v) is 8.64. The molecule has 0 bridgehead atoms. The van der Waals surface area contributed by atoms with Gasteiger partial charge < -0.3 is 10.2 Å². The van der Waals surface area contributed by atoms with Crippen molar-refractivity contribution in [2.45, 2.75) is 38.3 Å². The zero-order chi connectivity index (χ0) is 19.9. The van der Waals surface area contributed by atoms with E-state index in [2.05, 4.69) is 5.32 Å². The molecule has 146 valence electrons. The Morgan fingerprint density at radius 2 is 2.04 bits per heavy atom. The molecule has 7 heteroatoms. The van der Waals surface area contributed by atoms with Crippen molar-refractivity contribution >= 4 is 29.2 Å². The Bertz CT molecular complexity index is 940. The summed E-state index contributed by atoms with van der Waals surface area (Å²) in [4.78, 5) is 41.8. The summed E-state index contributed by atoms with van der Waals surface area (Å²) in [6.45, 7) is 1.92. The SMILES string of the molecule is CN(Cc1cccs1)C(=O)CN1C(=O)NC(C)(c2ccc3c(c2)CCC3)C1=O. The summed E-state index contributed by atoms with van der Waals surface area (Å²) in [5.74, 6) is -0.650. The summed E-state index contributed by atoms with van der Waals surface area (Å²) in [6, 6.07) is 9.34. The van der Waals surface area contributed by atoms with Crippen molar-refractivity contribution < 1.29 is 14.4 Å². The van der Waals surface area contributed by atoms with Gasteiger partial charge in [-0.05, 0) is 54.3 Å². The first kappa shape index (κ1) is 18.7. The molecule has 4 amide bonds. The van der Waals surface area contributed by atoms with Gasteiger partial charge in [-0.25, -0.2) is 4.79 Å². The molecule has 0 spiro atoms. The lowest BCUT2D eigenvalue weighted by Crippen LogP contribution is -2.43. The average molecular weight is 398 g/mol. The number of imide groups is 1. The van der Waals surface area contributed by atoms with Crippen LogP contribution in [0.1, 0.15) is 34.9 Å². The van der Waals surface area contributed by atoms with Crippen molar-refractivity contribution in [1.82, 2.24) is 15.1 Å². The Morgan fingerprint density at radius 3 is 2.79 bits per heavy atom. The second-order valence-electron chi connectivity index (χ2n) is 7.61. The molecule has 1 aliphatic carbocycles. The maximum Gasteiger partial charge on any atom is 0.325 e. The maximum absolute atomic E-state index is 13.1. The van der Waals surface area contributed by atoms with E-state index in [9.17, 15) is 14.4 Å². The van der Waals surface area contributed by atoms with E-state index < -0.39 is 11.6 Å². The maximum atomic E-state index is 13.1. The largest absolute Gasteiger partial charge is 0.339 e. The molecule has 1 aliphatic heterocycles. The number of hydrogen-bond acceptors (Lipinski definition) is 4. The Kier molecular flexibility index (Phi) is 4.71. The number of carbonyl (C=O) groups is 3. The number of likely N-dealkylation sites (N-methyl/N-ethyl adjacent to an activating group) is 1. The highest BCUT2D eigenvalue weighted by Crippen LogP contribution is 2.32. The first-order valence-corrected chi connectivity index (χ1v) is 10.3. The number of nitrogens with zero attached hydrogens (tertiary/aromatic N) is 2. The average Bonchev–Trinajstić information content (AvgIpc) is 3.39. The number of hydrogen-bond donors (Lipinski definition) is 1. The molecule has 1 atom stereocenters. The van der Waals surface area contributed by atoms with Crippen molar-refractivity contribution in [3.05, 3.63) is 57.3 Å². The molecule has 28 heavy (non-hydrogen) atoms. The summed E-state index contributed by atoms with van der Waals surface area (Å²) >= 11 is 1.57. The highest BCUT2D eigenvalue weighted by atomic mass is 32.1. The number of thiophene rings is 1. The van der Waals surface area contributed by atoms with Gasteiger partial charge in [0.1, 0.15) is 12.1 Å². The van der Waals surface area contributed by atoms with Crippen LogP contribution >= 0.6 is 11.3 Å². The lowest BCUT2D eigenvalue weighted by atomic mass is 9.89. The third-order valence-corrected chi connectivity index (χ3v) is 6.50. The van der Waals surface area contributed by atoms with Crippen LogP contribution in [0.5, 0.6) is 0 Å². The van der Waals surface area contributed by atoms with Crippen molar-refractivity contribution in [2.24, 2.45) is 0 Å². The van der Waals surface area contributed by atoms with E-state index in [1.165, 1.54) is 16.0 Å². The van der Waals surface area contributed by atoms with Crippen LogP contribution in [0.15, 0.2) is 35.7 Å². The van der Waals surface area contributed by atoms with Crippen LogP contribution in [0, 0.1) is 0 Å². The van der Waals surface area contributed by atoms with Crippen molar-refractivity contribution in [2.75, 3.05) is 13.6 Å². The Morgan fingerprint density at radius 1 is 1.25 bits per heavy atom. The number of nitrogens with one attached hydrogen (secondary N) is 1. The summed E-state index contributed by atoms with van der Waals surface area (Å²) < 4.78 is 0. The molecule has 1 unspecified atom stereocenters. The number of aryl methyl sites for hydroxylation is 2. The molecular weight excluding hydrogens is 374 g/mol. The minimum Gasteiger partial charge on any atom is -0.339 e. The number of rotatable bonds is 5. The van der Waals surface area contributed by atoms with Crippen molar-refractivity contribution in [1.29, 1.82) is 0 Å². The smallest absolute Gasteiger partial charge is 0.325 e. The van der Waals surface area contributed by atoms with Gasteiger partial charge in [-0.3, -0.25) is 14.5 Å². The van der Waals surface area contributed by atoms with Crippen molar-refractivity contribution in [3.63, 3.8) is 0 Å². The van der Waals surface area contributed by atoms with E-state index in [0.29, 0.717) is 6.54 Å². The monoisotopic (exact) mass is 397 g/mol. The molecule has 4 rings (SSSR count). The van der Waals surface area contributed by atoms with Crippen LogP contribution < -0.4 is 5.32 Å². The first-order valence-electron chi connectivity index (χ1n) is 9.41. The molecule has 1 saturated heterocycles. The van der Waals surface area contributed by atoms with Gasteiger partial charge in [-0.15, -0.1) is 11.3 Å². The fourth-order valence-corrected chi connectivity index (χ4v) is 4.66. The van der Waals surface area contributed by atoms with Crippen LogP contribution in [-0.2, 0) is 34.5 Å². The molecule has 2 heterocycles. The van der Waals surface area contributed by atoms with Gasteiger partial charge in [0.25, 0.3) is 5.91 Å². The van der Waals surface area contributed by atoms with E-state index in [1.807, 2.05) is 35.7 Å². The second kappa shape index (κ2) is 7.05. The highest BCUT2D eigenvalue weighted by Gasteiger charge is 2.49. The number of fused-ring (bicyclic) bond motifs is 1. The summed E-state index contributed by atoms with van der Waals surface area (Å²) in [7, 11) is 1.68.